The Morgan fingerprint density at radius 3 is 2.65 bits per heavy atom. The minimum Gasteiger partial charge on any atom is -0.377 e. The van der Waals surface area contributed by atoms with Crippen molar-refractivity contribution in [3.8, 4) is 0 Å². The number of aromatic nitrogens is 1. The van der Waals surface area contributed by atoms with Crippen LogP contribution in [0.15, 0.2) is 45.9 Å². The molecule has 0 unspecified atom stereocenters. The van der Waals surface area contributed by atoms with Gasteiger partial charge >= 0.3 is 0 Å². The van der Waals surface area contributed by atoms with Gasteiger partial charge in [-0.05, 0) is 26.0 Å². The van der Waals surface area contributed by atoms with Crippen LogP contribution in [0.4, 0.5) is 5.69 Å². The second kappa shape index (κ2) is 6.06. The molecule has 0 atom stereocenters. The molecule has 2 N–H and O–H groups in total. The summed E-state index contributed by atoms with van der Waals surface area (Å²) in [4.78, 5) is 0.216. The molecule has 2 rings (SSSR count). The Morgan fingerprint density at radius 1 is 1.25 bits per heavy atom. The predicted molar refractivity (Wildman–Crippen MR) is 75.7 cm³/mol. The summed E-state index contributed by atoms with van der Waals surface area (Å²) in [6.45, 7) is 3.93. The number of hydrogen-bond donors (Lipinski definition) is 2. The van der Waals surface area contributed by atoms with Crippen molar-refractivity contribution in [3.63, 3.8) is 0 Å². The van der Waals surface area contributed by atoms with Gasteiger partial charge in [0.25, 0.3) is 0 Å². The minimum atomic E-state index is -3.54. The maximum absolute atomic E-state index is 12.2. The third-order valence-corrected chi connectivity index (χ3v) is 4.23. The summed E-state index contributed by atoms with van der Waals surface area (Å²) in [6, 6.07) is 8.29. The first kappa shape index (κ1) is 14.5. The molecule has 0 amide bonds. The van der Waals surface area contributed by atoms with Gasteiger partial charge in [-0.15, -0.1) is 0 Å². The van der Waals surface area contributed by atoms with Gasteiger partial charge in [-0.1, -0.05) is 17.3 Å². The highest BCUT2D eigenvalue weighted by Gasteiger charge is 2.19. The molecule has 7 heteroatoms. The molecule has 1 aromatic heterocycles. The van der Waals surface area contributed by atoms with Crippen LogP contribution in [0.25, 0.3) is 0 Å². The maximum atomic E-state index is 12.2. The topological polar surface area (TPSA) is 84.2 Å². The number of para-hydroxylation sites is 1. The number of anilines is 1. The Kier molecular flexibility index (Phi) is 4.41. The Bertz CT molecular complexity index is 651. The summed E-state index contributed by atoms with van der Waals surface area (Å²) >= 11 is 0. The quantitative estimate of drug-likeness (QED) is 0.851. The van der Waals surface area contributed by atoms with E-state index in [0.29, 0.717) is 18.0 Å². The van der Waals surface area contributed by atoms with Crippen molar-refractivity contribution in [2.24, 2.45) is 0 Å². The lowest BCUT2D eigenvalue weighted by Crippen LogP contribution is -2.30. The molecule has 20 heavy (non-hydrogen) atoms. The molecule has 0 saturated heterocycles. The van der Waals surface area contributed by atoms with Crippen LogP contribution in [0.1, 0.15) is 19.6 Å². The Labute approximate surface area is 118 Å². The summed E-state index contributed by atoms with van der Waals surface area (Å²) < 4.78 is 32.0. The summed E-state index contributed by atoms with van der Waals surface area (Å²) in [5.74, 6) is 0.633. The van der Waals surface area contributed by atoms with E-state index >= 15 is 0 Å². The van der Waals surface area contributed by atoms with Crippen molar-refractivity contribution in [2.45, 2.75) is 31.3 Å². The Balaban J connectivity index is 2.22. The zero-order valence-corrected chi connectivity index (χ0v) is 12.1. The van der Waals surface area contributed by atoms with E-state index in [4.69, 9.17) is 4.52 Å². The van der Waals surface area contributed by atoms with E-state index in [2.05, 4.69) is 15.2 Å². The van der Waals surface area contributed by atoms with Crippen LogP contribution < -0.4 is 10.0 Å². The Hall–Kier alpha value is -1.86. The SMILES string of the molecule is CC(C)NS(=O)(=O)c1ccccc1NCc1ccno1. The number of hydrogen-bond acceptors (Lipinski definition) is 5. The van der Waals surface area contributed by atoms with Crippen molar-refractivity contribution in [3.05, 3.63) is 42.3 Å². The van der Waals surface area contributed by atoms with E-state index < -0.39 is 10.0 Å². The number of sulfonamides is 1. The van der Waals surface area contributed by atoms with Crippen LogP contribution in [-0.2, 0) is 16.6 Å². The van der Waals surface area contributed by atoms with Gasteiger partial charge in [-0.25, -0.2) is 13.1 Å². The van der Waals surface area contributed by atoms with E-state index in [-0.39, 0.29) is 10.9 Å². The molecule has 0 spiro atoms. The molecule has 0 aliphatic heterocycles. The zero-order valence-electron chi connectivity index (χ0n) is 11.3. The molecular formula is C13H17N3O3S. The summed E-state index contributed by atoms with van der Waals surface area (Å²) in [5, 5.41) is 6.64. The molecule has 0 saturated carbocycles. The molecule has 1 heterocycles. The molecule has 6 nitrogen and oxygen atoms in total. The first-order valence-corrected chi connectivity index (χ1v) is 7.72. The van der Waals surface area contributed by atoms with E-state index in [9.17, 15) is 8.42 Å². The molecule has 0 aliphatic rings. The van der Waals surface area contributed by atoms with Crippen molar-refractivity contribution in [2.75, 3.05) is 5.32 Å². The number of rotatable bonds is 6. The molecule has 0 bridgehead atoms. The van der Waals surface area contributed by atoms with Gasteiger partial charge in [0, 0.05) is 12.1 Å². The van der Waals surface area contributed by atoms with Crippen LogP contribution in [0.3, 0.4) is 0 Å². The second-order valence-electron chi connectivity index (χ2n) is 4.60. The van der Waals surface area contributed by atoms with Crippen molar-refractivity contribution >= 4 is 15.7 Å². The highest BCUT2D eigenvalue weighted by Crippen LogP contribution is 2.21. The molecule has 0 radical (unpaired) electrons. The standard InChI is InChI=1S/C13H17N3O3S/c1-10(2)16-20(17,18)13-6-4-3-5-12(13)14-9-11-7-8-15-19-11/h3-8,10,14,16H,9H2,1-2H3. The highest BCUT2D eigenvalue weighted by molar-refractivity contribution is 7.89. The summed E-state index contributed by atoms with van der Waals surface area (Å²) in [5.41, 5.74) is 0.525. The third kappa shape index (κ3) is 3.58. The number of nitrogens with zero attached hydrogens (tertiary/aromatic N) is 1. The fourth-order valence-corrected chi connectivity index (χ4v) is 3.17. The zero-order chi connectivity index (χ0) is 14.6. The molecule has 108 valence electrons. The van der Waals surface area contributed by atoms with Crippen LogP contribution in [0, 0.1) is 0 Å². The van der Waals surface area contributed by atoms with Crippen molar-refractivity contribution in [1.29, 1.82) is 0 Å². The van der Waals surface area contributed by atoms with Crippen LogP contribution in [0.5, 0.6) is 0 Å². The van der Waals surface area contributed by atoms with E-state index in [1.54, 1.807) is 50.4 Å². The second-order valence-corrected chi connectivity index (χ2v) is 6.29. The number of nitrogens with one attached hydrogen (secondary N) is 2. The van der Waals surface area contributed by atoms with Gasteiger partial charge in [0.1, 0.15) is 4.90 Å². The lowest BCUT2D eigenvalue weighted by Gasteiger charge is -2.14. The molecule has 2 aromatic rings. The largest absolute Gasteiger partial charge is 0.377 e. The monoisotopic (exact) mass is 295 g/mol. The highest BCUT2D eigenvalue weighted by atomic mass is 32.2. The molecule has 1 aromatic carbocycles. The first-order valence-electron chi connectivity index (χ1n) is 6.24. The van der Waals surface area contributed by atoms with Gasteiger partial charge in [0.05, 0.1) is 18.4 Å². The van der Waals surface area contributed by atoms with Crippen LogP contribution >= 0.6 is 0 Å². The molecule has 0 fully saturated rings. The van der Waals surface area contributed by atoms with Gasteiger partial charge in [0.2, 0.25) is 10.0 Å². The smallest absolute Gasteiger partial charge is 0.242 e. The fraction of sp³-hybridized carbons (Fsp3) is 0.308. The van der Waals surface area contributed by atoms with Gasteiger partial charge in [-0.3, -0.25) is 0 Å². The van der Waals surface area contributed by atoms with Crippen LogP contribution in [-0.4, -0.2) is 19.6 Å². The van der Waals surface area contributed by atoms with Gasteiger partial charge in [0.15, 0.2) is 5.76 Å². The lowest BCUT2D eigenvalue weighted by atomic mass is 10.3. The van der Waals surface area contributed by atoms with Crippen molar-refractivity contribution in [1.82, 2.24) is 9.88 Å². The minimum absolute atomic E-state index is 0.165. The molecular weight excluding hydrogens is 278 g/mol. The first-order chi connectivity index (χ1) is 9.49. The maximum Gasteiger partial charge on any atom is 0.242 e. The van der Waals surface area contributed by atoms with E-state index in [1.165, 1.54) is 0 Å². The van der Waals surface area contributed by atoms with E-state index in [0.717, 1.165) is 0 Å². The van der Waals surface area contributed by atoms with Crippen LogP contribution in [0.2, 0.25) is 0 Å². The predicted octanol–water partition coefficient (Wildman–Crippen LogP) is 1.97. The Morgan fingerprint density at radius 2 is 2.00 bits per heavy atom. The lowest BCUT2D eigenvalue weighted by molar-refractivity contribution is 0.388. The van der Waals surface area contributed by atoms with Gasteiger partial charge in [-0.2, -0.15) is 0 Å². The van der Waals surface area contributed by atoms with E-state index in [1.807, 2.05) is 0 Å². The number of benzene rings is 1. The summed E-state index contributed by atoms with van der Waals surface area (Å²) in [6.07, 6.45) is 1.54. The average Bonchev–Trinajstić information content (AvgIpc) is 2.88. The van der Waals surface area contributed by atoms with Gasteiger partial charge < -0.3 is 9.84 Å². The molecule has 0 aliphatic carbocycles. The average molecular weight is 295 g/mol. The third-order valence-electron chi connectivity index (χ3n) is 2.51. The van der Waals surface area contributed by atoms with Crippen molar-refractivity contribution < 1.29 is 12.9 Å². The fourth-order valence-electron chi connectivity index (χ4n) is 1.74. The normalized spacial score (nSPS) is 11.8. The summed E-state index contributed by atoms with van der Waals surface area (Å²) in [7, 11) is -3.54.